The zero-order valence-electron chi connectivity index (χ0n) is 5.66. The third kappa shape index (κ3) is 0.985. The standard InChI is InChI=1S/C8H7NO/c1-6-7(5-9)3-2-4-8(6)10/h2-4,6H,1H3. The molecule has 0 aliphatic heterocycles. The molecule has 50 valence electrons. The highest BCUT2D eigenvalue weighted by Gasteiger charge is 2.16. The third-order valence-corrected chi connectivity index (χ3v) is 1.56. The highest BCUT2D eigenvalue weighted by atomic mass is 16.1. The maximum Gasteiger partial charge on any atom is 0.163 e. The van der Waals surface area contributed by atoms with Crippen molar-refractivity contribution < 1.29 is 4.79 Å². The number of rotatable bonds is 0. The van der Waals surface area contributed by atoms with Gasteiger partial charge in [0, 0.05) is 5.57 Å². The van der Waals surface area contributed by atoms with Crippen molar-refractivity contribution in [3.63, 3.8) is 0 Å². The largest absolute Gasteiger partial charge is 0.294 e. The van der Waals surface area contributed by atoms with Crippen molar-refractivity contribution in [2.45, 2.75) is 6.92 Å². The van der Waals surface area contributed by atoms with Gasteiger partial charge in [-0.1, -0.05) is 13.0 Å². The topological polar surface area (TPSA) is 40.9 Å². The van der Waals surface area contributed by atoms with Gasteiger partial charge < -0.3 is 0 Å². The molecule has 0 radical (unpaired) electrons. The first-order valence-electron chi connectivity index (χ1n) is 3.08. The lowest BCUT2D eigenvalue weighted by molar-refractivity contribution is -0.116. The number of carbonyl (C=O) groups is 1. The summed E-state index contributed by atoms with van der Waals surface area (Å²) < 4.78 is 0. The Balaban J connectivity index is 2.95. The zero-order valence-corrected chi connectivity index (χ0v) is 5.66. The van der Waals surface area contributed by atoms with Crippen molar-refractivity contribution in [3.8, 4) is 6.07 Å². The Morgan fingerprint density at radius 3 is 2.90 bits per heavy atom. The molecule has 0 bridgehead atoms. The molecule has 0 fully saturated rings. The second-order valence-corrected chi connectivity index (χ2v) is 2.22. The monoisotopic (exact) mass is 133 g/mol. The van der Waals surface area contributed by atoms with Crippen LogP contribution in [0.3, 0.4) is 0 Å². The molecule has 0 saturated heterocycles. The molecule has 0 spiro atoms. The van der Waals surface area contributed by atoms with Crippen molar-refractivity contribution in [2.24, 2.45) is 5.92 Å². The molecule has 0 N–H and O–H groups in total. The molecule has 10 heavy (non-hydrogen) atoms. The van der Waals surface area contributed by atoms with E-state index in [0.717, 1.165) is 0 Å². The molecule has 0 amide bonds. The van der Waals surface area contributed by atoms with Crippen LogP contribution in [0.5, 0.6) is 0 Å². The van der Waals surface area contributed by atoms with Crippen LogP contribution in [0.25, 0.3) is 0 Å². The van der Waals surface area contributed by atoms with Crippen LogP contribution >= 0.6 is 0 Å². The number of ketones is 1. The minimum atomic E-state index is -0.241. The summed E-state index contributed by atoms with van der Waals surface area (Å²) in [6.45, 7) is 1.74. The van der Waals surface area contributed by atoms with E-state index in [2.05, 4.69) is 0 Å². The van der Waals surface area contributed by atoms with Crippen molar-refractivity contribution in [3.05, 3.63) is 23.8 Å². The van der Waals surface area contributed by atoms with Gasteiger partial charge in [-0.15, -0.1) is 0 Å². The Labute approximate surface area is 59.5 Å². The fourth-order valence-electron chi connectivity index (χ4n) is 0.823. The van der Waals surface area contributed by atoms with Crippen LogP contribution < -0.4 is 0 Å². The predicted molar refractivity (Wildman–Crippen MR) is 37.0 cm³/mol. The summed E-state index contributed by atoms with van der Waals surface area (Å²) in [5.41, 5.74) is 0.549. The SMILES string of the molecule is CC1C(=O)C=CC=C1C#N. The Kier molecular flexibility index (Phi) is 1.68. The van der Waals surface area contributed by atoms with E-state index in [9.17, 15) is 4.79 Å². The van der Waals surface area contributed by atoms with Gasteiger partial charge in [0.25, 0.3) is 0 Å². The van der Waals surface area contributed by atoms with E-state index in [0.29, 0.717) is 5.57 Å². The fraction of sp³-hybridized carbons (Fsp3) is 0.250. The summed E-state index contributed by atoms with van der Waals surface area (Å²) >= 11 is 0. The van der Waals surface area contributed by atoms with Gasteiger partial charge in [-0.3, -0.25) is 4.79 Å². The van der Waals surface area contributed by atoms with E-state index < -0.39 is 0 Å². The minimum absolute atomic E-state index is 0.0130. The van der Waals surface area contributed by atoms with E-state index in [1.165, 1.54) is 6.08 Å². The summed E-state index contributed by atoms with van der Waals surface area (Å²) in [7, 11) is 0. The second-order valence-electron chi connectivity index (χ2n) is 2.22. The van der Waals surface area contributed by atoms with Crippen LogP contribution in [0, 0.1) is 17.2 Å². The van der Waals surface area contributed by atoms with Gasteiger partial charge >= 0.3 is 0 Å². The van der Waals surface area contributed by atoms with Crippen molar-refractivity contribution in [1.29, 1.82) is 5.26 Å². The van der Waals surface area contributed by atoms with Crippen LogP contribution in [0.4, 0.5) is 0 Å². The highest BCUT2D eigenvalue weighted by molar-refractivity contribution is 5.95. The molecule has 1 atom stereocenters. The lowest BCUT2D eigenvalue weighted by Gasteiger charge is -2.07. The summed E-state index contributed by atoms with van der Waals surface area (Å²) in [5.74, 6) is -0.228. The predicted octanol–water partition coefficient (Wildman–Crippen LogP) is 1.21. The number of allylic oxidation sites excluding steroid dienone is 4. The molecule has 2 nitrogen and oxygen atoms in total. The molecule has 1 aliphatic rings. The molecule has 0 heterocycles. The number of nitriles is 1. The quantitative estimate of drug-likeness (QED) is 0.498. The van der Waals surface area contributed by atoms with Crippen molar-refractivity contribution in [2.75, 3.05) is 0 Å². The first-order chi connectivity index (χ1) is 4.75. The molecule has 1 rings (SSSR count). The first kappa shape index (κ1) is 6.76. The smallest absolute Gasteiger partial charge is 0.163 e. The van der Waals surface area contributed by atoms with Gasteiger partial charge in [0.05, 0.1) is 12.0 Å². The first-order valence-corrected chi connectivity index (χ1v) is 3.08. The highest BCUT2D eigenvalue weighted by Crippen LogP contribution is 2.15. The average Bonchev–Trinajstić information content (AvgIpc) is 1.95. The normalized spacial score (nSPS) is 23.8. The molecule has 0 saturated carbocycles. The van der Waals surface area contributed by atoms with E-state index in [-0.39, 0.29) is 11.7 Å². The van der Waals surface area contributed by atoms with Gasteiger partial charge in [0.15, 0.2) is 5.78 Å². The van der Waals surface area contributed by atoms with Crippen molar-refractivity contribution >= 4 is 5.78 Å². The molecule has 2 heteroatoms. The number of carbonyl (C=O) groups excluding carboxylic acids is 1. The van der Waals surface area contributed by atoms with Gasteiger partial charge in [-0.2, -0.15) is 5.26 Å². The third-order valence-electron chi connectivity index (χ3n) is 1.56. The van der Waals surface area contributed by atoms with E-state index in [1.807, 2.05) is 6.07 Å². The van der Waals surface area contributed by atoms with Crippen LogP contribution in [0.2, 0.25) is 0 Å². The molecular weight excluding hydrogens is 126 g/mol. The molecule has 1 aliphatic carbocycles. The van der Waals surface area contributed by atoms with E-state index in [4.69, 9.17) is 5.26 Å². The van der Waals surface area contributed by atoms with Crippen LogP contribution in [-0.2, 0) is 4.79 Å². The molecule has 0 aromatic rings. The lowest BCUT2D eigenvalue weighted by Crippen LogP contribution is -2.12. The minimum Gasteiger partial charge on any atom is -0.294 e. The van der Waals surface area contributed by atoms with E-state index >= 15 is 0 Å². The number of hydrogen-bond donors (Lipinski definition) is 0. The summed E-state index contributed by atoms with van der Waals surface area (Å²) in [5, 5.41) is 8.47. The summed E-state index contributed by atoms with van der Waals surface area (Å²) in [4.78, 5) is 10.9. The summed E-state index contributed by atoms with van der Waals surface area (Å²) in [6, 6.07) is 1.97. The fourth-order valence-corrected chi connectivity index (χ4v) is 0.823. The number of hydrogen-bond acceptors (Lipinski definition) is 2. The second kappa shape index (κ2) is 2.49. The molecule has 1 unspecified atom stereocenters. The maximum absolute atomic E-state index is 10.9. The van der Waals surface area contributed by atoms with Gasteiger partial charge in [0.2, 0.25) is 0 Å². The van der Waals surface area contributed by atoms with Crippen LogP contribution in [0.15, 0.2) is 23.8 Å². The summed E-state index contributed by atoms with van der Waals surface area (Å²) in [6.07, 6.45) is 4.78. The molecule has 0 aromatic carbocycles. The van der Waals surface area contributed by atoms with E-state index in [1.54, 1.807) is 19.1 Å². The Bertz CT molecular complexity index is 255. The van der Waals surface area contributed by atoms with Gasteiger partial charge in [-0.25, -0.2) is 0 Å². The van der Waals surface area contributed by atoms with Gasteiger partial charge in [0.1, 0.15) is 0 Å². The van der Waals surface area contributed by atoms with Crippen LogP contribution in [0.1, 0.15) is 6.92 Å². The number of nitrogens with zero attached hydrogens (tertiary/aromatic N) is 1. The van der Waals surface area contributed by atoms with Crippen LogP contribution in [-0.4, -0.2) is 5.78 Å². The molecular formula is C8H7NO. The van der Waals surface area contributed by atoms with Crippen molar-refractivity contribution in [1.82, 2.24) is 0 Å². The average molecular weight is 133 g/mol. The Hall–Kier alpha value is -1.36. The van der Waals surface area contributed by atoms with Gasteiger partial charge in [-0.05, 0) is 12.2 Å². The zero-order chi connectivity index (χ0) is 7.56. The lowest BCUT2D eigenvalue weighted by atomic mass is 9.93. The Morgan fingerprint density at radius 1 is 1.70 bits per heavy atom. The molecule has 0 aromatic heterocycles. The Morgan fingerprint density at radius 2 is 2.40 bits per heavy atom. The maximum atomic E-state index is 10.9.